The Labute approximate surface area is 336 Å². The molecule has 0 aliphatic carbocycles. The second-order valence-corrected chi connectivity index (χ2v) is 18.0. The van der Waals surface area contributed by atoms with Gasteiger partial charge in [-0.15, -0.1) is 10.0 Å². The molecule has 12 aromatic rings. The Bertz CT molecular complexity index is 3430. The van der Waals surface area contributed by atoms with E-state index in [1.54, 1.807) is 0 Å². The van der Waals surface area contributed by atoms with Crippen LogP contribution in [0.5, 0.6) is 0 Å². The van der Waals surface area contributed by atoms with Crippen molar-refractivity contribution < 1.29 is 4.42 Å². The first-order valence-electron chi connectivity index (χ1n) is 19.8. The van der Waals surface area contributed by atoms with Crippen LogP contribution in [0.2, 0.25) is 0 Å². The molecule has 0 aliphatic rings. The van der Waals surface area contributed by atoms with Crippen molar-refractivity contribution in [1.29, 1.82) is 0 Å². The highest BCUT2D eigenvalue weighted by Gasteiger charge is 2.36. The fraction of sp³-hybridized carbons (Fsp3) is 0. The standard InChI is InChI=1S/C54H36N2OS/c1-3-18-39(19-4-1)58(40-20-5-2-6-21-40,53-32-16-27-46-45-26-10-14-31-52(45)57-54(46)53)41-22-15-17-37(35-41)55-50-30-13-9-25-44(50)47-36-38(33-34-51(47)55)56-48-28-11-7-23-42(48)43-24-8-12-29-49(43)56/h1-36H. The first kappa shape index (κ1) is 32.9. The molecule has 12 rings (SSSR count). The lowest BCUT2D eigenvalue weighted by atomic mass is 10.1. The van der Waals surface area contributed by atoms with Gasteiger partial charge in [0.15, 0.2) is 0 Å². The third-order valence-electron chi connectivity index (χ3n) is 11.8. The SMILES string of the molecule is c1ccc(S(c2ccccc2)(c2cccc(-n3c4ccccc4c4cc(-n5c6ccccc6c6ccccc65)ccc43)c2)c2cccc3c2oc2ccccc23)cc1. The van der Waals surface area contributed by atoms with Crippen LogP contribution in [0.4, 0.5) is 0 Å². The normalized spacial score (nSPS) is 12.4. The molecule has 0 unspecified atom stereocenters. The molecule has 0 amide bonds. The Morgan fingerprint density at radius 2 is 0.776 bits per heavy atom. The summed E-state index contributed by atoms with van der Waals surface area (Å²) in [5.41, 5.74) is 8.87. The Hall–Kier alpha value is -7.27. The summed E-state index contributed by atoms with van der Waals surface area (Å²) in [5.74, 6) is 0. The molecule has 0 atom stereocenters. The van der Waals surface area contributed by atoms with E-state index in [9.17, 15) is 0 Å². The maximum atomic E-state index is 6.88. The van der Waals surface area contributed by atoms with Crippen molar-refractivity contribution in [2.75, 3.05) is 0 Å². The van der Waals surface area contributed by atoms with E-state index >= 15 is 0 Å². The van der Waals surface area contributed by atoms with E-state index in [1.165, 1.54) is 63.2 Å². The lowest BCUT2D eigenvalue weighted by Crippen LogP contribution is -2.06. The fourth-order valence-corrected chi connectivity index (χ4v) is 13.4. The zero-order valence-corrected chi connectivity index (χ0v) is 32.3. The number of hydrogen-bond donors (Lipinski definition) is 0. The van der Waals surface area contributed by atoms with Gasteiger partial charge in [-0.3, -0.25) is 0 Å². The number of benzene rings is 9. The van der Waals surface area contributed by atoms with Gasteiger partial charge in [0.25, 0.3) is 0 Å². The molecule has 0 aliphatic heterocycles. The lowest BCUT2D eigenvalue weighted by Gasteiger charge is -2.42. The second kappa shape index (κ2) is 12.9. The van der Waals surface area contributed by atoms with Crippen LogP contribution in [0, 0.1) is 0 Å². The van der Waals surface area contributed by atoms with Crippen LogP contribution in [0.3, 0.4) is 0 Å². The van der Waals surface area contributed by atoms with Crippen molar-refractivity contribution in [2.45, 2.75) is 19.6 Å². The van der Waals surface area contributed by atoms with Crippen molar-refractivity contribution >= 4 is 75.6 Å². The zero-order valence-electron chi connectivity index (χ0n) is 31.5. The molecule has 274 valence electrons. The molecule has 58 heavy (non-hydrogen) atoms. The lowest BCUT2D eigenvalue weighted by molar-refractivity contribution is 0.659. The van der Waals surface area contributed by atoms with Crippen LogP contribution in [0.25, 0.3) is 76.9 Å². The molecule has 0 saturated carbocycles. The number of aromatic nitrogens is 2. The first-order chi connectivity index (χ1) is 28.8. The highest BCUT2D eigenvalue weighted by atomic mass is 32.3. The molecule has 3 nitrogen and oxygen atoms in total. The topological polar surface area (TPSA) is 23.0 Å². The maximum Gasteiger partial charge on any atom is 0.148 e. The summed E-state index contributed by atoms with van der Waals surface area (Å²) in [6, 6.07) is 79.7. The van der Waals surface area contributed by atoms with Gasteiger partial charge >= 0.3 is 0 Å². The number of furan rings is 1. The summed E-state index contributed by atoms with van der Waals surface area (Å²) in [6.07, 6.45) is 0. The van der Waals surface area contributed by atoms with Crippen molar-refractivity contribution in [2.24, 2.45) is 0 Å². The Morgan fingerprint density at radius 1 is 0.310 bits per heavy atom. The maximum absolute atomic E-state index is 6.88. The zero-order chi connectivity index (χ0) is 38.2. The summed E-state index contributed by atoms with van der Waals surface area (Å²) in [5, 5.41) is 7.24. The number of fused-ring (bicyclic) bond motifs is 9. The van der Waals surface area contributed by atoms with Crippen molar-refractivity contribution in [3.63, 3.8) is 0 Å². The number of para-hydroxylation sites is 5. The highest BCUT2D eigenvalue weighted by molar-refractivity contribution is 8.34. The third kappa shape index (κ3) is 4.70. The van der Waals surface area contributed by atoms with Crippen LogP contribution in [-0.2, 0) is 0 Å². The monoisotopic (exact) mass is 760 g/mol. The Morgan fingerprint density at radius 3 is 1.41 bits per heavy atom. The smallest absolute Gasteiger partial charge is 0.148 e. The van der Waals surface area contributed by atoms with Crippen LogP contribution in [0.1, 0.15) is 0 Å². The summed E-state index contributed by atoms with van der Waals surface area (Å²) in [4.78, 5) is 4.94. The van der Waals surface area contributed by atoms with E-state index in [0.29, 0.717) is 0 Å². The summed E-state index contributed by atoms with van der Waals surface area (Å²) >= 11 is 0. The predicted molar refractivity (Wildman–Crippen MR) is 242 cm³/mol. The van der Waals surface area contributed by atoms with Gasteiger partial charge in [0, 0.05) is 63.3 Å². The van der Waals surface area contributed by atoms with Crippen molar-refractivity contribution in [3.8, 4) is 11.4 Å². The quantitative estimate of drug-likeness (QED) is 0.166. The van der Waals surface area contributed by atoms with Crippen LogP contribution in [-0.4, -0.2) is 9.13 Å². The van der Waals surface area contributed by atoms with E-state index in [1.807, 2.05) is 0 Å². The van der Waals surface area contributed by atoms with Gasteiger partial charge in [-0.25, -0.2) is 0 Å². The molecule has 0 N–H and O–H groups in total. The van der Waals surface area contributed by atoms with Gasteiger partial charge in [0.1, 0.15) is 11.2 Å². The van der Waals surface area contributed by atoms with Gasteiger partial charge in [-0.2, -0.15) is 0 Å². The van der Waals surface area contributed by atoms with E-state index in [0.717, 1.165) is 33.3 Å². The van der Waals surface area contributed by atoms with Gasteiger partial charge < -0.3 is 13.6 Å². The second-order valence-electron chi connectivity index (χ2n) is 14.9. The summed E-state index contributed by atoms with van der Waals surface area (Å²) in [6.45, 7) is 0. The average molecular weight is 761 g/mol. The largest absolute Gasteiger partial charge is 0.455 e. The summed E-state index contributed by atoms with van der Waals surface area (Å²) in [7, 11) is -2.09. The third-order valence-corrected chi connectivity index (χ3v) is 15.7. The van der Waals surface area contributed by atoms with Gasteiger partial charge in [-0.1, -0.05) is 127 Å². The van der Waals surface area contributed by atoms with Crippen molar-refractivity contribution in [3.05, 3.63) is 218 Å². The molecule has 3 heterocycles. The molecular formula is C54H36N2OS. The summed E-state index contributed by atoms with van der Waals surface area (Å²) < 4.78 is 11.7. The van der Waals surface area contributed by atoms with Crippen LogP contribution in [0.15, 0.2) is 242 Å². The molecule has 3 aromatic heterocycles. The van der Waals surface area contributed by atoms with Crippen molar-refractivity contribution in [1.82, 2.24) is 9.13 Å². The first-order valence-corrected chi connectivity index (χ1v) is 21.4. The number of hydrogen-bond acceptors (Lipinski definition) is 1. The molecular weight excluding hydrogens is 725 g/mol. The van der Waals surface area contributed by atoms with E-state index in [4.69, 9.17) is 4.42 Å². The fourth-order valence-electron chi connectivity index (χ4n) is 9.39. The minimum Gasteiger partial charge on any atom is -0.455 e. The number of rotatable bonds is 6. The minimum absolute atomic E-state index is 0.902. The molecule has 0 spiro atoms. The predicted octanol–water partition coefficient (Wildman–Crippen LogP) is 15.1. The van der Waals surface area contributed by atoms with E-state index in [2.05, 4.69) is 228 Å². The Balaban J connectivity index is 1.13. The van der Waals surface area contributed by atoms with Crippen LogP contribution < -0.4 is 0 Å². The van der Waals surface area contributed by atoms with Gasteiger partial charge in [0.2, 0.25) is 0 Å². The minimum atomic E-state index is -2.09. The molecule has 0 bridgehead atoms. The molecule has 9 aromatic carbocycles. The van der Waals surface area contributed by atoms with E-state index < -0.39 is 10.0 Å². The van der Waals surface area contributed by atoms with Gasteiger partial charge in [-0.05, 0) is 91.0 Å². The Kier molecular flexibility index (Phi) is 7.31. The highest BCUT2D eigenvalue weighted by Crippen LogP contribution is 2.74. The van der Waals surface area contributed by atoms with Gasteiger partial charge in [0.05, 0.1) is 22.1 Å². The molecule has 0 fully saturated rings. The molecule has 0 saturated heterocycles. The van der Waals surface area contributed by atoms with E-state index in [-0.39, 0.29) is 0 Å². The van der Waals surface area contributed by atoms with Crippen LogP contribution >= 0.6 is 10.0 Å². The molecule has 0 radical (unpaired) electrons. The molecule has 4 heteroatoms. The average Bonchev–Trinajstić information content (AvgIpc) is 3.96. The number of nitrogens with zero attached hydrogens (tertiary/aromatic N) is 2.